The van der Waals surface area contributed by atoms with Gasteiger partial charge in [0.2, 0.25) is 10.0 Å². The van der Waals surface area contributed by atoms with Crippen molar-refractivity contribution < 1.29 is 8.42 Å². The van der Waals surface area contributed by atoms with Crippen molar-refractivity contribution >= 4 is 26.5 Å². The van der Waals surface area contributed by atoms with Crippen molar-refractivity contribution in [3.63, 3.8) is 0 Å². The highest BCUT2D eigenvalue weighted by Gasteiger charge is 2.06. The van der Waals surface area contributed by atoms with Gasteiger partial charge in [-0.2, -0.15) is 5.10 Å². The molecule has 7 nitrogen and oxygen atoms in total. The molecule has 0 aliphatic heterocycles. The molecule has 0 unspecified atom stereocenters. The Hall–Kier alpha value is -2.71. The summed E-state index contributed by atoms with van der Waals surface area (Å²) in [5.74, 6) is 0. The van der Waals surface area contributed by atoms with Crippen LogP contribution >= 0.6 is 0 Å². The molecule has 0 saturated heterocycles. The quantitative estimate of drug-likeness (QED) is 0.625. The lowest BCUT2D eigenvalue weighted by atomic mass is 10.1. The molecule has 1 heterocycles. The first-order valence-electron chi connectivity index (χ1n) is 9.02. The molecule has 1 N–H and O–H groups in total. The summed E-state index contributed by atoms with van der Waals surface area (Å²) in [6.45, 7) is 2.05. The molecule has 1 aromatic heterocycles. The van der Waals surface area contributed by atoms with E-state index in [-0.39, 0.29) is 5.56 Å². The number of fused-ring (bicyclic) bond motifs is 1. The smallest absolute Gasteiger partial charge is 0.274 e. The van der Waals surface area contributed by atoms with Gasteiger partial charge in [-0.3, -0.25) is 9.52 Å². The summed E-state index contributed by atoms with van der Waals surface area (Å²) in [5, 5.41) is 5.79. The van der Waals surface area contributed by atoms with Gasteiger partial charge in [-0.05, 0) is 37.2 Å². The van der Waals surface area contributed by atoms with E-state index in [2.05, 4.69) is 14.7 Å². The van der Waals surface area contributed by atoms with Crippen LogP contribution in [0.15, 0.2) is 59.5 Å². The van der Waals surface area contributed by atoms with E-state index in [9.17, 15) is 13.2 Å². The Morgan fingerprint density at radius 2 is 1.79 bits per heavy atom. The van der Waals surface area contributed by atoms with E-state index in [0.29, 0.717) is 24.2 Å². The number of aromatic nitrogens is 2. The average Bonchev–Trinajstić information content (AvgIpc) is 2.66. The zero-order valence-corrected chi connectivity index (χ0v) is 16.8. The number of anilines is 1. The molecule has 28 heavy (non-hydrogen) atoms. The van der Waals surface area contributed by atoms with Gasteiger partial charge in [0.1, 0.15) is 0 Å². The second kappa shape index (κ2) is 8.53. The predicted octanol–water partition coefficient (Wildman–Crippen LogP) is 1.94. The molecule has 0 spiro atoms. The molecule has 0 atom stereocenters. The first kappa shape index (κ1) is 20.0. The number of sulfonamides is 1. The Balaban J connectivity index is 1.53. The van der Waals surface area contributed by atoms with Crippen LogP contribution in [0.3, 0.4) is 0 Å². The van der Waals surface area contributed by atoms with Crippen molar-refractivity contribution in [2.45, 2.75) is 13.0 Å². The number of benzene rings is 2. The maximum Gasteiger partial charge on any atom is 0.274 e. The van der Waals surface area contributed by atoms with Crippen molar-refractivity contribution in [3.05, 3.63) is 70.6 Å². The first-order chi connectivity index (χ1) is 13.3. The summed E-state index contributed by atoms with van der Waals surface area (Å²) in [5.41, 5.74) is 1.61. The third-order valence-electron chi connectivity index (χ3n) is 4.49. The summed E-state index contributed by atoms with van der Waals surface area (Å²) in [6.07, 6.45) is 3.68. The third kappa shape index (κ3) is 5.40. The number of hydrogen-bond donors (Lipinski definition) is 1. The third-order valence-corrected chi connectivity index (χ3v) is 5.10. The van der Waals surface area contributed by atoms with Crippen molar-refractivity contribution in [2.75, 3.05) is 31.1 Å². The molecule has 0 bridgehead atoms. The first-order valence-corrected chi connectivity index (χ1v) is 10.9. The second-order valence-electron chi connectivity index (χ2n) is 6.88. The van der Waals surface area contributed by atoms with E-state index < -0.39 is 10.0 Å². The largest absolute Gasteiger partial charge is 0.304 e. The monoisotopic (exact) mass is 400 g/mol. The maximum absolute atomic E-state index is 12.5. The van der Waals surface area contributed by atoms with Crippen molar-refractivity contribution in [1.29, 1.82) is 0 Å². The summed E-state index contributed by atoms with van der Waals surface area (Å²) in [7, 11) is -1.25. The fourth-order valence-electron chi connectivity index (χ4n) is 2.94. The molecule has 0 fully saturated rings. The van der Waals surface area contributed by atoms with Gasteiger partial charge in [0, 0.05) is 24.2 Å². The fourth-order valence-corrected chi connectivity index (χ4v) is 3.50. The van der Waals surface area contributed by atoms with Gasteiger partial charge < -0.3 is 4.90 Å². The van der Waals surface area contributed by atoms with Crippen LogP contribution in [-0.2, 0) is 23.0 Å². The van der Waals surface area contributed by atoms with Gasteiger partial charge in [-0.1, -0.05) is 30.3 Å². The Morgan fingerprint density at radius 3 is 2.50 bits per heavy atom. The van der Waals surface area contributed by atoms with E-state index in [4.69, 9.17) is 0 Å². The van der Waals surface area contributed by atoms with Crippen molar-refractivity contribution in [2.24, 2.45) is 0 Å². The molecule has 0 aliphatic carbocycles. The van der Waals surface area contributed by atoms with E-state index in [1.165, 1.54) is 4.68 Å². The average molecular weight is 401 g/mol. The minimum absolute atomic E-state index is 0.0690. The molecular weight excluding hydrogens is 376 g/mol. The van der Waals surface area contributed by atoms with Crippen LogP contribution in [0.5, 0.6) is 0 Å². The van der Waals surface area contributed by atoms with E-state index >= 15 is 0 Å². The van der Waals surface area contributed by atoms with E-state index in [1.807, 2.05) is 43.4 Å². The number of hydrogen-bond acceptors (Lipinski definition) is 5. The zero-order valence-electron chi connectivity index (χ0n) is 16.0. The Morgan fingerprint density at radius 1 is 1.07 bits per heavy atom. The number of rotatable bonds is 8. The summed E-state index contributed by atoms with van der Waals surface area (Å²) in [4.78, 5) is 14.6. The Kier molecular flexibility index (Phi) is 6.11. The topological polar surface area (TPSA) is 84.3 Å². The standard InChI is InChI=1S/C20H24N4O3S/c1-23(12-11-16-7-9-18(10-8-16)22-28(2,26)27)13-14-24-20(25)19-6-4-3-5-17(19)15-21-24/h3-10,15,22H,11-14H2,1-2H3. The van der Waals surface area contributed by atoms with Crippen LogP contribution in [0.1, 0.15) is 5.56 Å². The minimum atomic E-state index is -3.26. The summed E-state index contributed by atoms with van der Waals surface area (Å²) < 4.78 is 26.4. The maximum atomic E-state index is 12.5. The van der Waals surface area contributed by atoms with E-state index in [0.717, 1.165) is 30.2 Å². The Bertz CT molecular complexity index is 1110. The normalized spacial score (nSPS) is 11.8. The highest BCUT2D eigenvalue weighted by atomic mass is 32.2. The van der Waals surface area contributed by atoms with E-state index in [1.54, 1.807) is 18.3 Å². The van der Waals surface area contributed by atoms with Crippen molar-refractivity contribution in [1.82, 2.24) is 14.7 Å². The van der Waals surface area contributed by atoms with Gasteiger partial charge in [0.25, 0.3) is 5.56 Å². The Labute approximate surface area is 164 Å². The van der Waals surface area contributed by atoms with Crippen LogP contribution in [0.4, 0.5) is 5.69 Å². The highest BCUT2D eigenvalue weighted by molar-refractivity contribution is 7.92. The second-order valence-corrected chi connectivity index (χ2v) is 8.63. The van der Waals surface area contributed by atoms with Crippen LogP contribution in [0, 0.1) is 0 Å². The SMILES string of the molecule is CN(CCc1ccc(NS(C)(=O)=O)cc1)CCn1ncc2ccccc2c1=O. The van der Waals surface area contributed by atoms with Gasteiger partial charge in [0.05, 0.1) is 24.4 Å². The summed E-state index contributed by atoms with van der Waals surface area (Å²) in [6, 6.07) is 14.8. The molecule has 0 radical (unpaired) electrons. The van der Waals surface area contributed by atoms with Crippen LogP contribution in [0.2, 0.25) is 0 Å². The number of nitrogens with zero attached hydrogens (tertiary/aromatic N) is 3. The van der Waals surface area contributed by atoms with Gasteiger partial charge in [-0.25, -0.2) is 13.1 Å². The molecule has 0 amide bonds. The van der Waals surface area contributed by atoms with Crippen LogP contribution in [-0.4, -0.2) is 49.5 Å². The molecule has 8 heteroatoms. The predicted molar refractivity (Wildman–Crippen MR) is 112 cm³/mol. The molecule has 2 aromatic carbocycles. The summed E-state index contributed by atoms with van der Waals surface area (Å²) >= 11 is 0. The molecule has 0 aliphatic rings. The van der Waals surface area contributed by atoms with Gasteiger partial charge >= 0.3 is 0 Å². The zero-order chi connectivity index (χ0) is 20.1. The van der Waals surface area contributed by atoms with Crippen LogP contribution in [0.25, 0.3) is 10.8 Å². The molecule has 3 aromatic rings. The minimum Gasteiger partial charge on any atom is -0.304 e. The van der Waals surface area contributed by atoms with Gasteiger partial charge in [0.15, 0.2) is 0 Å². The van der Waals surface area contributed by atoms with Gasteiger partial charge in [-0.15, -0.1) is 0 Å². The lowest BCUT2D eigenvalue weighted by Gasteiger charge is -2.17. The molecule has 0 saturated carbocycles. The van der Waals surface area contributed by atoms with Crippen molar-refractivity contribution in [3.8, 4) is 0 Å². The number of likely N-dealkylation sites (N-methyl/N-ethyl adjacent to an activating group) is 1. The molecular formula is C20H24N4O3S. The number of nitrogens with one attached hydrogen (secondary N) is 1. The lowest BCUT2D eigenvalue weighted by molar-refractivity contribution is 0.313. The highest BCUT2D eigenvalue weighted by Crippen LogP contribution is 2.11. The molecule has 148 valence electrons. The lowest BCUT2D eigenvalue weighted by Crippen LogP contribution is -2.31. The fraction of sp³-hybridized carbons (Fsp3) is 0.300. The van der Waals surface area contributed by atoms with Crippen LogP contribution < -0.4 is 10.3 Å². The molecule has 3 rings (SSSR count).